The zero-order valence-electron chi connectivity index (χ0n) is 18.9. The zero-order valence-corrected chi connectivity index (χ0v) is 19.7. The Bertz CT molecular complexity index is 957. The molecule has 6 heteroatoms. The van der Waals surface area contributed by atoms with Crippen LogP contribution in [0.2, 0.25) is 0 Å². The number of hydrogen-bond donors (Lipinski definition) is 0. The number of ether oxygens (including phenoxy) is 1. The number of benzene rings is 2. The van der Waals surface area contributed by atoms with Crippen LogP contribution in [0.25, 0.3) is 0 Å². The van der Waals surface area contributed by atoms with Gasteiger partial charge in [-0.05, 0) is 36.8 Å². The van der Waals surface area contributed by atoms with E-state index in [-0.39, 0.29) is 17.9 Å². The number of piperidine rings is 2. The molecular weight excluding hydrogens is 430 g/mol. The van der Waals surface area contributed by atoms with E-state index in [2.05, 4.69) is 39.0 Å². The number of carbonyl (C=O) groups excluding carboxylic acids is 1. The molecule has 2 fully saturated rings. The van der Waals surface area contributed by atoms with Crippen LogP contribution < -0.4 is 4.74 Å². The van der Waals surface area contributed by atoms with Crippen molar-refractivity contribution in [2.45, 2.75) is 43.7 Å². The molecule has 5 nitrogen and oxygen atoms in total. The third-order valence-corrected chi connectivity index (χ3v) is 7.62. The van der Waals surface area contributed by atoms with E-state index >= 15 is 0 Å². The number of carbonyl (C=O) groups is 1. The lowest BCUT2D eigenvalue weighted by Gasteiger charge is -2.42. The number of nitrogens with zero attached hydrogens (tertiary/aromatic N) is 3. The Morgan fingerprint density at radius 3 is 2.03 bits per heavy atom. The standard InChI is InChI=1S/C27H31N3O2S/c31-26(25(21-7-3-1-4-8-21)22-9-5-2-6-10-22)30-16-11-23(12-17-30)29-18-13-24(14-19-29)32-27-28-15-20-33-27/h1-10,15,20,23-25H,11-14,16-19H2. The van der Waals surface area contributed by atoms with Crippen molar-refractivity contribution in [3.05, 3.63) is 83.4 Å². The third kappa shape index (κ3) is 5.28. The van der Waals surface area contributed by atoms with Gasteiger partial charge in [0.05, 0.1) is 5.92 Å². The Morgan fingerprint density at radius 1 is 0.879 bits per heavy atom. The van der Waals surface area contributed by atoms with Gasteiger partial charge in [0.2, 0.25) is 5.91 Å². The van der Waals surface area contributed by atoms with E-state index in [0.29, 0.717) is 6.04 Å². The molecule has 172 valence electrons. The largest absolute Gasteiger partial charge is 0.467 e. The number of likely N-dealkylation sites (tertiary alicyclic amines) is 2. The Labute approximate surface area is 200 Å². The van der Waals surface area contributed by atoms with E-state index in [1.54, 1.807) is 17.5 Å². The normalized spacial score (nSPS) is 18.5. The average Bonchev–Trinajstić information content (AvgIpc) is 3.39. The summed E-state index contributed by atoms with van der Waals surface area (Å²) in [5.41, 5.74) is 2.14. The Balaban J connectivity index is 1.18. The van der Waals surface area contributed by atoms with Crippen LogP contribution in [0.4, 0.5) is 0 Å². The maximum absolute atomic E-state index is 13.7. The first kappa shape index (κ1) is 22.1. The summed E-state index contributed by atoms with van der Waals surface area (Å²) >= 11 is 1.56. The highest BCUT2D eigenvalue weighted by atomic mass is 32.1. The number of thiazole rings is 1. The highest BCUT2D eigenvalue weighted by Crippen LogP contribution is 2.30. The Hall–Kier alpha value is -2.70. The second-order valence-electron chi connectivity index (χ2n) is 8.96. The van der Waals surface area contributed by atoms with Crippen molar-refractivity contribution >= 4 is 17.2 Å². The molecule has 2 aliphatic rings. The lowest BCUT2D eigenvalue weighted by molar-refractivity contribution is -0.133. The molecular formula is C27H31N3O2S. The highest BCUT2D eigenvalue weighted by Gasteiger charge is 2.33. The van der Waals surface area contributed by atoms with E-state index in [1.807, 2.05) is 41.8 Å². The van der Waals surface area contributed by atoms with Crippen molar-refractivity contribution in [1.29, 1.82) is 0 Å². The number of rotatable bonds is 6. The van der Waals surface area contributed by atoms with Crippen LogP contribution >= 0.6 is 11.3 Å². The molecule has 3 aromatic rings. The fourth-order valence-corrected chi connectivity index (χ4v) is 5.72. The zero-order chi connectivity index (χ0) is 22.5. The minimum absolute atomic E-state index is 0.224. The lowest BCUT2D eigenvalue weighted by Crippen LogP contribution is -2.50. The molecule has 0 spiro atoms. The molecule has 0 saturated carbocycles. The molecule has 0 N–H and O–H groups in total. The molecule has 2 saturated heterocycles. The van der Waals surface area contributed by atoms with Gasteiger partial charge in [-0.3, -0.25) is 9.69 Å². The van der Waals surface area contributed by atoms with Crippen molar-refractivity contribution in [3.8, 4) is 5.19 Å². The molecule has 5 rings (SSSR count). The molecule has 0 unspecified atom stereocenters. The van der Waals surface area contributed by atoms with Crippen molar-refractivity contribution < 1.29 is 9.53 Å². The topological polar surface area (TPSA) is 45.7 Å². The third-order valence-electron chi connectivity index (χ3n) is 6.96. The average molecular weight is 462 g/mol. The molecule has 2 aromatic carbocycles. The highest BCUT2D eigenvalue weighted by molar-refractivity contribution is 7.11. The van der Waals surface area contributed by atoms with E-state index < -0.39 is 0 Å². The van der Waals surface area contributed by atoms with Crippen molar-refractivity contribution in [2.24, 2.45) is 0 Å². The van der Waals surface area contributed by atoms with E-state index in [0.717, 1.165) is 68.2 Å². The van der Waals surface area contributed by atoms with Crippen molar-refractivity contribution in [1.82, 2.24) is 14.8 Å². The molecule has 1 amide bonds. The maximum Gasteiger partial charge on any atom is 0.273 e. The number of hydrogen-bond acceptors (Lipinski definition) is 5. The first-order valence-corrected chi connectivity index (χ1v) is 12.8. The van der Waals surface area contributed by atoms with Gasteiger partial charge in [0.25, 0.3) is 5.19 Å². The van der Waals surface area contributed by atoms with E-state index in [1.165, 1.54) is 0 Å². The molecule has 3 heterocycles. The summed E-state index contributed by atoms with van der Waals surface area (Å²) in [5.74, 6) is -0.0101. The first-order valence-electron chi connectivity index (χ1n) is 12.0. The quantitative estimate of drug-likeness (QED) is 0.529. The van der Waals surface area contributed by atoms with E-state index in [4.69, 9.17) is 4.74 Å². The molecule has 0 bridgehead atoms. The van der Waals surface area contributed by atoms with Gasteiger partial charge in [0.15, 0.2) is 0 Å². The Kier molecular flexibility index (Phi) is 7.03. The minimum atomic E-state index is -0.234. The predicted octanol–water partition coefficient (Wildman–Crippen LogP) is 4.81. The van der Waals surface area contributed by atoms with Crippen LogP contribution in [0.15, 0.2) is 72.2 Å². The summed E-state index contributed by atoms with van der Waals surface area (Å²) in [6.07, 6.45) is 6.24. The number of aromatic nitrogens is 1. The van der Waals surface area contributed by atoms with Gasteiger partial charge < -0.3 is 9.64 Å². The fraction of sp³-hybridized carbons (Fsp3) is 0.407. The molecule has 2 aliphatic heterocycles. The molecule has 33 heavy (non-hydrogen) atoms. The minimum Gasteiger partial charge on any atom is -0.467 e. The lowest BCUT2D eigenvalue weighted by atomic mass is 9.89. The van der Waals surface area contributed by atoms with Gasteiger partial charge in [0.1, 0.15) is 6.10 Å². The van der Waals surface area contributed by atoms with Crippen LogP contribution in [0.1, 0.15) is 42.7 Å². The molecule has 1 aromatic heterocycles. The SMILES string of the molecule is O=C(C(c1ccccc1)c1ccccc1)N1CCC(N2CCC(Oc3nccs3)CC2)CC1. The number of amides is 1. The smallest absolute Gasteiger partial charge is 0.273 e. The second-order valence-corrected chi connectivity index (χ2v) is 9.82. The van der Waals surface area contributed by atoms with Crippen LogP contribution in [0, 0.1) is 0 Å². The monoisotopic (exact) mass is 461 g/mol. The molecule has 0 aliphatic carbocycles. The van der Waals surface area contributed by atoms with Gasteiger partial charge in [-0.25, -0.2) is 4.98 Å². The van der Waals surface area contributed by atoms with Crippen LogP contribution in [-0.4, -0.2) is 59.0 Å². The maximum atomic E-state index is 13.7. The summed E-state index contributed by atoms with van der Waals surface area (Å²) in [4.78, 5) is 22.6. The van der Waals surface area contributed by atoms with Gasteiger partial charge >= 0.3 is 0 Å². The molecule has 0 radical (unpaired) electrons. The summed E-state index contributed by atoms with van der Waals surface area (Å²) in [6, 6.07) is 20.9. The predicted molar refractivity (Wildman–Crippen MR) is 132 cm³/mol. The van der Waals surface area contributed by atoms with Crippen LogP contribution in [-0.2, 0) is 4.79 Å². The Morgan fingerprint density at radius 2 is 1.48 bits per heavy atom. The van der Waals surface area contributed by atoms with Gasteiger partial charge in [0, 0.05) is 43.8 Å². The van der Waals surface area contributed by atoms with Crippen LogP contribution in [0.5, 0.6) is 5.19 Å². The van der Waals surface area contributed by atoms with Gasteiger partial charge in [-0.1, -0.05) is 72.0 Å². The summed E-state index contributed by atoms with van der Waals surface area (Å²) in [7, 11) is 0. The van der Waals surface area contributed by atoms with Gasteiger partial charge in [-0.2, -0.15) is 0 Å². The summed E-state index contributed by atoms with van der Waals surface area (Å²) in [5, 5.41) is 2.74. The van der Waals surface area contributed by atoms with Crippen molar-refractivity contribution in [3.63, 3.8) is 0 Å². The fourth-order valence-electron chi connectivity index (χ4n) is 5.17. The van der Waals surface area contributed by atoms with Crippen molar-refractivity contribution in [2.75, 3.05) is 26.2 Å². The second kappa shape index (κ2) is 10.5. The summed E-state index contributed by atoms with van der Waals surface area (Å²) in [6.45, 7) is 3.78. The summed E-state index contributed by atoms with van der Waals surface area (Å²) < 4.78 is 6.02. The van der Waals surface area contributed by atoms with Gasteiger partial charge in [-0.15, -0.1) is 0 Å². The van der Waals surface area contributed by atoms with E-state index in [9.17, 15) is 4.79 Å². The molecule has 0 atom stereocenters. The van der Waals surface area contributed by atoms with Crippen LogP contribution in [0.3, 0.4) is 0 Å². The first-order chi connectivity index (χ1) is 16.3.